The smallest absolute Gasteiger partial charge is 0.253 e. The van der Waals surface area contributed by atoms with E-state index in [1.807, 2.05) is 41.8 Å². The van der Waals surface area contributed by atoms with Crippen molar-refractivity contribution in [1.29, 1.82) is 0 Å². The fourth-order valence-electron chi connectivity index (χ4n) is 3.68. The normalized spacial score (nSPS) is 11.4. The fourth-order valence-corrected chi connectivity index (χ4v) is 5.44. The van der Waals surface area contributed by atoms with Crippen molar-refractivity contribution in [3.8, 4) is 22.4 Å². The van der Waals surface area contributed by atoms with Crippen LogP contribution in [-0.2, 0) is 21.2 Å². The Kier molecular flexibility index (Phi) is 6.95. The van der Waals surface area contributed by atoms with Crippen LogP contribution in [0.2, 0.25) is 0 Å². The van der Waals surface area contributed by atoms with Crippen LogP contribution in [0.3, 0.4) is 0 Å². The van der Waals surface area contributed by atoms with Gasteiger partial charge in [-0.25, -0.2) is 17.4 Å². The summed E-state index contributed by atoms with van der Waals surface area (Å²) in [6.45, 7) is 3.13. The number of carbonyl (C=O) groups is 2. The number of ketones is 1. The van der Waals surface area contributed by atoms with Crippen molar-refractivity contribution in [2.75, 3.05) is 12.8 Å². The molecule has 0 aliphatic rings. The number of rotatable bonds is 8. The predicted octanol–water partition coefficient (Wildman–Crippen LogP) is 3.64. The highest BCUT2D eigenvalue weighted by molar-refractivity contribution is 7.89. The Morgan fingerprint density at radius 1 is 1.06 bits per heavy atom. The third kappa shape index (κ3) is 5.55. The summed E-state index contributed by atoms with van der Waals surface area (Å²) in [5, 5.41) is 5.16. The van der Waals surface area contributed by atoms with Gasteiger partial charge >= 0.3 is 0 Å². The van der Waals surface area contributed by atoms with Crippen LogP contribution in [0, 0.1) is 13.8 Å². The average Bonchev–Trinajstić information content (AvgIpc) is 3.42. The van der Waals surface area contributed by atoms with Crippen LogP contribution in [0.1, 0.15) is 26.6 Å². The SMILES string of the molecule is Cc1c(C(=O)NCC(=O)Cc2nc(-c3cccc(-c4ccncc4)c3)cs2)cn(S(C)(=O)=O)c1C. The van der Waals surface area contributed by atoms with Crippen molar-refractivity contribution < 1.29 is 18.0 Å². The van der Waals surface area contributed by atoms with Crippen molar-refractivity contribution in [3.63, 3.8) is 0 Å². The first-order valence-corrected chi connectivity index (χ1v) is 13.5. The lowest BCUT2D eigenvalue weighted by molar-refractivity contribution is -0.117. The lowest BCUT2D eigenvalue weighted by Crippen LogP contribution is -2.30. The van der Waals surface area contributed by atoms with Crippen molar-refractivity contribution >= 4 is 33.1 Å². The van der Waals surface area contributed by atoms with Crippen molar-refractivity contribution in [1.82, 2.24) is 19.3 Å². The minimum absolute atomic E-state index is 0.0946. The highest BCUT2D eigenvalue weighted by atomic mass is 32.2. The van der Waals surface area contributed by atoms with Gasteiger partial charge in [-0.05, 0) is 48.7 Å². The molecule has 4 aromatic rings. The molecule has 0 saturated heterocycles. The monoisotopic (exact) mass is 508 g/mol. The van der Waals surface area contributed by atoms with Crippen LogP contribution in [0.15, 0.2) is 60.4 Å². The van der Waals surface area contributed by atoms with Gasteiger partial charge in [-0.2, -0.15) is 0 Å². The van der Waals surface area contributed by atoms with Gasteiger partial charge in [-0.15, -0.1) is 11.3 Å². The highest BCUT2D eigenvalue weighted by Crippen LogP contribution is 2.27. The number of nitrogens with zero attached hydrogens (tertiary/aromatic N) is 3. The predicted molar refractivity (Wildman–Crippen MR) is 136 cm³/mol. The molecule has 10 heteroatoms. The summed E-state index contributed by atoms with van der Waals surface area (Å²) in [7, 11) is -3.52. The Bertz CT molecular complexity index is 1510. The Morgan fingerprint density at radius 3 is 2.46 bits per heavy atom. The Labute approximate surface area is 207 Å². The molecular weight excluding hydrogens is 484 g/mol. The second-order valence-electron chi connectivity index (χ2n) is 8.15. The number of nitrogens with one attached hydrogen (secondary N) is 1. The molecule has 0 saturated carbocycles. The third-order valence-electron chi connectivity index (χ3n) is 5.64. The van der Waals surface area contributed by atoms with Gasteiger partial charge in [0.15, 0.2) is 5.78 Å². The van der Waals surface area contributed by atoms with Crippen molar-refractivity contribution in [3.05, 3.63) is 82.2 Å². The molecule has 0 aliphatic heterocycles. The number of hydrogen-bond donors (Lipinski definition) is 1. The molecule has 0 radical (unpaired) electrons. The first-order chi connectivity index (χ1) is 16.6. The molecule has 1 aromatic carbocycles. The zero-order chi connectivity index (χ0) is 25.2. The molecule has 0 bridgehead atoms. The molecule has 35 heavy (non-hydrogen) atoms. The summed E-state index contributed by atoms with van der Waals surface area (Å²) in [5.74, 6) is -0.684. The van der Waals surface area contributed by atoms with E-state index in [1.54, 1.807) is 26.2 Å². The van der Waals surface area contributed by atoms with E-state index in [9.17, 15) is 18.0 Å². The first kappa shape index (κ1) is 24.5. The van der Waals surface area contributed by atoms with Gasteiger partial charge in [0, 0.05) is 35.2 Å². The van der Waals surface area contributed by atoms with Crippen LogP contribution in [0.25, 0.3) is 22.4 Å². The molecule has 0 fully saturated rings. The number of hydrogen-bond acceptors (Lipinski definition) is 7. The summed E-state index contributed by atoms with van der Waals surface area (Å²) in [6.07, 6.45) is 5.95. The van der Waals surface area contributed by atoms with Gasteiger partial charge in [0.2, 0.25) is 10.0 Å². The van der Waals surface area contributed by atoms with E-state index < -0.39 is 15.9 Å². The molecule has 180 valence electrons. The summed E-state index contributed by atoms with van der Waals surface area (Å²) in [6, 6.07) is 11.9. The number of Topliss-reactive ketones (excluding diaryl/α,β-unsaturated/α-hetero) is 1. The second kappa shape index (κ2) is 9.93. The molecule has 3 heterocycles. The van der Waals surface area contributed by atoms with Gasteiger partial charge in [-0.1, -0.05) is 18.2 Å². The second-order valence-corrected chi connectivity index (χ2v) is 11.0. The number of aromatic nitrogens is 3. The van der Waals surface area contributed by atoms with Crippen molar-refractivity contribution in [2.45, 2.75) is 20.3 Å². The van der Waals surface area contributed by atoms with Crippen molar-refractivity contribution in [2.24, 2.45) is 0 Å². The third-order valence-corrected chi connectivity index (χ3v) is 7.59. The summed E-state index contributed by atoms with van der Waals surface area (Å²) in [5.41, 5.74) is 5.08. The van der Waals surface area contributed by atoms with E-state index in [0.29, 0.717) is 16.3 Å². The zero-order valence-corrected chi connectivity index (χ0v) is 21.1. The Balaban J connectivity index is 1.39. The van der Waals surface area contributed by atoms with Gasteiger partial charge < -0.3 is 5.32 Å². The van der Waals surface area contributed by atoms with Crippen LogP contribution < -0.4 is 5.32 Å². The zero-order valence-electron chi connectivity index (χ0n) is 19.5. The Hall–Kier alpha value is -3.63. The van der Waals surface area contributed by atoms with E-state index in [0.717, 1.165) is 32.6 Å². The molecule has 4 rings (SSSR count). The van der Waals surface area contributed by atoms with Gasteiger partial charge in [0.05, 0.1) is 30.5 Å². The maximum Gasteiger partial charge on any atom is 0.253 e. The van der Waals surface area contributed by atoms with E-state index in [-0.39, 0.29) is 24.3 Å². The van der Waals surface area contributed by atoms with Gasteiger partial charge in [-0.3, -0.25) is 14.6 Å². The summed E-state index contributed by atoms with van der Waals surface area (Å²) < 4.78 is 24.8. The number of thiazole rings is 1. The maximum absolute atomic E-state index is 12.6. The average molecular weight is 509 g/mol. The van der Waals surface area contributed by atoms with E-state index >= 15 is 0 Å². The lowest BCUT2D eigenvalue weighted by Gasteiger charge is -2.04. The molecule has 0 atom stereocenters. The maximum atomic E-state index is 12.6. The molecule has 1 amide bonds. The van der Waals surface area contributed by atoms with Gasteiger partial charge in [0.1, 0.15) is 5.01 Å². The van der Waals surface area contributed by atoms with E-state index in [1.165, 1.54) is 17.5 Å². The van der Waals surface area contributed by atoms with E-state index in [4.69, 9.17) is 0 Å². The standard InChI is InChI=1S/C25H24N4O4S2/c1-16-17(2)29(35(3,32)33)14-22(16)25(31)27-13-21(30)12-24-28-23(15-34-24)20-6-4-5-19(11-20)18-7-9-26-10-8-18/h4-11,14-15H,12-13H2,1-3H3,(H,27,31). The summed E-state index contributed by atoms with van der Waals surface area (Å²) >= 11 is 1.39. The van der Waals surface area contributed by atoms with Gasteiger partial charge in [0.25, 0.3) is 5.91 Å². The molecule has 1 N–H and O–H groups in total. The molecule has 3 aromatic heterocycles. The van der Waals surface area contributed by atoms with Crippen LogP contribution >= 0.6 is 11.3 Å². The first-order valence-electron chi connectivity index (χ1n) is 10.8. The molecule has 0 spiro atoms. The quantitative estimate of drug-likeness (QED) is 0.389. The van der Waals surface area contributed by atoms with Crippen LogP contribution in [0.4, 0.5) is 0 Å². The van der Waals surface area contributed by atoms with Crippen LogP contribution in [0.5, 0.6) is 0 Å². The topological polar surface area (TPSA) is 111 Å². The molecule has 0 unspecified atom stereocenters. The van der Waals surface area contributed by atoms with E-state index in [2.05, 4.69) is 15.3 Å². The largest absolute Gasteiger partial charge is 0.345 e. The lowest BCUT2D eigenvalue weighted by atomic mass is 10.0. The number of carbonyl (C=O) groups excluding carboxylic acids is 2. The Morgan fingerprint density at radius 2 is 1.77 bits per heavy atom. The molecular formula is C25H24N4O4S2. The molecule has 0 aliphatic carbocycles. The minimum atomic E-state index is -3.52. The van der Waals surface area contributed by atoms with Crippen LogP contribution in [-0.4, -0.2) is 46.8 Å². The molecule has 8 nitrogen and oxygen atoms in total. The summed E-state index contributed by atoms with van der Waals surface area (Å²) in [4.78, 5) is 33.7. The highest BCUT2D eigenvalue weighted by Gasteiger charge is 2.20. The fraction of sp³-hybridized carbons (Fsp3) is 0.200. The number of pyridine rings is 1. The number of benzene rings is 1. The minimum Gasteiger partial charge on any atom is -0.345 e. The number of amides is 1.